The Balaban J connectivity index is 3.09. The second-order valence-corrected chi connectivity index (χ2v) is 6.83. The fourth-order valence-corrected chi connectivity index (χ4v) is 2.52. The van der Waals surface area contributed by atoms with Crippen LogP contribution in [0, 0.1) is 5.41 Å². The van der Waals surface area contributed by atoms with E-state index in [1.54, 1.807) is 0 Å². The first-order valence-electron chi connectivity index (χ1n) is 8.76. The van der Waals surface area contributed by atoms with E-state index >= 15 is 0 Å². The van der Waals surface area contributed by atoms with Gasteiger partial charge in [-0.1, -0.05) is 104 Å². The summed E-state index contributed by atoms with van der Waals surface area (Å²) in [7, 11) is 0. The zero-order valence-electron chi connectivity index (χ0n) is 14.0. The number of hydrogen-bond donors (Lipinski definition) is 0. The van der Waals surface area contributed by atoms with Crippen LogP contribution in [0.1, 0.15) is 104 Å². The molecule has 0 aliphatic heterocycles. The van der Waals surface area contributed by atoms with Crippen molar-refractivity contribution in [2.75, 3.05) is 0 Å². The highest BCUT2D eigenvalue weighted by molar-refractivity contribution is 4.86. The topological polar surface area (TPSA) is 0 Å². The van der Waals surface area contributed by atoms with Crippen molar-refractivity contribution in [3.63, 3.8) is 0 Å². The molecule has 0 saturated carbocycles. The van der Waals surface area contributed by atoms with Crippen molar-refractivity contribution in [1.82, 2.24) is 0 Å². The normalized spacial score (nSPS) is 11.7. The number of rotatable bonds is 14. The van der Waals surface area contributed by atoms with Crippen LogP contribution in [0.2, 0.25) is 0 Å². The Morgan fingerprint density at radius 2 is 1.05 bits per heavy atom. The van der Waals surface area contributed by atoms with Gasteiger partial charge in [0.05, 0.1) is 0 Å². The van der Waals surface area contributed by atoms with Gasteiger partial charge in [-0.15, -0.1) is 6.58 Å². The second-order valence-electron chi connectivity index (χ2n) is 6.83. The van der Waals surface area contributed by atoms with Gasteiger partial charge in [-0.3, -0.25) is 0 Å². The molecule has 0 spiro atoms. The van der Waals surface area contributed by atoms with Crippen molar-refractivity contribution in [2.24, 2.45) is 5.41 Å². The quantitative estimate of drug-likeness (QED) is 0.229. The third kappa shape index (κ3) is 14.0. The number of hydrogen-bond acceptors (Lipinski definition) is 0. The second kappa shape index (κ2) is 12.8. The van der Waals surface area contributed by atoms with Crippen LogP contribution in [0.4, 0.5) is 0 Å². The predicted octanol–water partition coefficient (Wildman–Crippen LogP) is 7.29. The molecule has 0 amide bonds. The zero-order valence-corrected chi connectivity index (χ0v) is 14.0. The molecule has 0 aromatic rings. The minimum absolute atomic E-state index is 0.346. The lowest BCUT2D eigenvalue weighted by Crippen LogP contribution is -2.05. The minimum atomic E-state index is 0.346. The van der Waals surface area contributed by atoms with E-state index < -0.39 is 0 Å². The molecule has 0 rings (SSSR count). The Morgan fingerprint density at radius 1 is 0.684 bits per heavy atom. The average molecular weight is 267 g/mol. The molecular weight excluding hydrogens is 228 g/mol. The van der Waals surface area contributed by atoms with Crippen molar-refractivity contribution in [1.29, 1.82) is 0 Å². The van der Waals surface area contributed by atoms with Crippen LogP contribution in [-0.2, 0) is 0 Å². The number of allylic oxidation sites excluding steroid dienone is 1. The highest BCUT2D eigenvalue weighted by Gasteiger charge is 2.11. The molecule has 19 heavy (non-hydrogen) atoms. The molecule has 0 N–H and O–H groups in total. The van der Waals surface area contributed by atoms with Crippen molar-refractivity contribution in [3.05, 3.63) is 12.7 Å². The Bertz CT molecular complexity index is 190. The first-order valence-corrected chi connectivity index (χ1v) is 8.76. The van der Waals surface area contributed by atoms with Crippen molar-refractivity contribution in [3.8, 4) is 0 Å². The van der Waals surface area contributed by atoms with Crippen LogP contribution in [0.15, 0.2) is 12.7 Å². The van der Waals surface area contributed by atoms with Crippen LogP contribution in [0.5, 0.6) is 0 Å². The molecular formula is C19H38. The first-order chi connectivity index (χ1) is 9.12. The van der Waals surface area contributed by atoms with E-state index in [1.807, 2.05) is 0 Å². The lowest BCUT2D eigenvalue weighted by atomic mass is 9.87. The third-order valence-electron chi connectivity index (χ3n) is 4.23. The summed E-state index contributed by atoms with van der Waals surface area (Å²) in [4.78, 5) is 0. The van der Waals surface area contributed by atoms with Gasteiger partial charge in [0, 0.05) is 0 Å². The molecule has 0 radical (unpaired) electrons. The van der Waals surface area contributed by atoms with Gasteiger partial charge in [0.25, 0.3) is 0 Å². The van der Waals surface area contributed by atoms with Crippen LogP contribution in [-0.4, -0.2) is 0 Å². The summed E-state index contributed by atoms with van der Waals surface area (Å²) in [5.41, 5.74) is 0.346. The molecule has 0 saturated heterocycles. The van der Waals surface area contributed by atoms with E-state index in [1.165, 1.54) is 83.5 Å². The molecule has 0 bridgehead atoms. The van der Waals surface area contributed by atoms with E-state index in [9.17, 15) is 0 Å². The summed E-state index contributed by atoms with van der Waals surface area (Å²) in [6.07, 6.45) is 20.6. The minimum Gasteiger partial charge on any atom is -0.103 e. The third-order valence-corrected chi connectivity index (χ3v) is 4.23. The van der Waals surface area contributed by atoms with E-state index in [0.29, 0.717) is 5.41 Å². The Labute approximate surface area is 123 Å². The van der Waals surface area contributed by atoms with Gasteiger partial charge in [-0.25, -0.2) is 0 Å². The summed E-state index contributed by atoms with van der Waals surface area (Å²) in [5.74, 6) is 0. The number of unbranched alkanes of at least 4 members (excludes halogenated alkanes) is 11. The molecule has 0 heterocycles. The van der Waals surface area contributed by atoms with Crippen molar-refractivity contribution >= 4 is 0 Å². The molecule has 0 unspecified atom stereocenters. The molecule has 114 valence electrons. The van der Waals surface area contributed by atoms with Crippen LogP contribution >= 0.6 is 0 Å². The van der Waals surface area contributed by atoms with Crippen molar-refractivity contribution in [2.45, 2.75) is 104 Å². The van der Waals surface area contributed by atoms with Gasteiger partial charge in [0.2, 0.25) is 0 Å². The molecule has 0 atom stereocenters. The molecule has 0 fully saturated rings. The Kier molecular flexibility index (Phi) is 12.6. The summed E-state index contributed by atoms with van der Waals surface area (Å²) >= 11 is 0. The monoisotopic (exact) mass is 266 g/mol. The molecule has 0 aliphatic carbocycles. The fraction of sp³-hybridized carbons (Fsp3) is 0.895. The van der Waals surface area contributed by atoms with Crippen LogP contribution in [0.25, 0.3) is 0 Å². The SMILES string of the molecule is C=CC(C)(C)CCCCCCCCCCCCCC. The van der Waals surface area contributed by atoms with Gasteiger partial charge in [-0.05, 0) is 11.8 Å². The standard InChI is InChI=1S/C19H38/c1-5-7-8-9-10-11-12-13-14-15-16-17-18-19(3,4)6-2/h6H,2,5,7-18H2,1,3-4H3. The van der Waals surface area contributed by atoms with Gasteiger partial charge < -0.3 is 0 Å². The average Bonchev–Trinajstić information content (AvgIpc) is 2.40. The van der Waals surface area contributed by atoms with Crippen molar-refractivity contribution < 1.29 is 0 Å². The van der Waals surface area contributed by atoms with E-state index in [-0.39, 0.29) is 0 Å². The highest BCUT2D eigenvalue weighted by Crippen LogP contribution is 2.24. The van der Waals surface area contributed by atoms with E-state index in [4.69, 9.17) is 0 Å². The van der Waals surface area contributed by atoms with Crippen LogP contribution in [0.3, 0.4) is 0 Å². The maximum Gasteiger partial charge on any atom is -0.0178 e. The molecule has 0 nitrogen and oxygen atoms in total. The molecule has 0 aromatic carbocycles. The van der Waals surface area contributed by atoms with Gasteiger partial charge in [-0.2, -0.15) is 0 Å². The molecule has 0 aliphatic rings. The Morgan fingerprint density at radius 3 is 1.42 bits per heavy atom. The van der Waals surface area contributed by atoms with Gasteiger partial charge >= 0.3 is 0 Å². The van der Waals surface area contributed by atoms with E-state index in [2.05, 4.69) is 33.4 Å². The lowest BCUT2D eigenvalue weighted by molar-refractivity contribution is 0.407. The maximum absolute atomic E-state index is 3.91. The molecule has 0 aromatic heterocycles. The highest BCUT2D eigenvalue weighted by atomic mass is 14.2. The predicted molar refractivity (Wildman–Crippen MR) is 89.7 cm³/mol. The smallest absolute Gasteiger partial charge is 0.0178 e. The summed E-state index contributed by atoms with van der Waals surface area (Å²) in [6.45, 7) is 10.8. The van der Waals surface area contributed by atoms with Gasteiger partial charge in [0.1, 0.15) is 0 Å². The Hall–Kier alpha value is -0.260. The van der Waals surface area contributed by atoms with Crippen LogP contribution < -0.4 is 0 Å². The summed E-state index contributed by atoms with van der Waals surface area (Å²) in [5, 5.41) is 0. The first kappa shape index (κ1) is 18.7. The molecule has 0 heteroatoms. The van der Waals surface area contributed by atoms with E-state index in [0.717, 1.165) is 0 Å². The lowest BCUT2D eigenvalue weighted by Gasteiger charge is -2.18. The fourth-order valence-electron chi connectivity index (χ4n) is 2.52. The summed E-state index contributed by atoms with van der Waals surface area (Å²) in [6, 6.07) is 0. The maximum atomic E-state index is 3.91. The largest absolute Gasteiger partial charge is 0.103 e. The summed E-state index contributed by atoms with van der Waals surface area (Å²) < 4.78 is 0. The van der Waals surface area contributed by atoms with Gasteiger partial charge in [0.15, 0.2) is 0 Å². The zero-order chi connectivity index (χ0) is 14.4.